The number of carbonyl (C=O) groups is 4. The summed E-state index contributed by atoms with van der Waals surface area (Å²) in [7, 11) is 0. The average Bonchev–Trinajstić information content (AvgIpc) is 3.64. The number of halogens is 1. The molecule has 1 aliphatic heterocycles. The van der Waals surface area contributed by atoms with Gasteiger partial charge in [0.15, 0.2) is 17.9 Å². The highest BCUT2D eigenvalue weighted by atomic mass is 35.5. The number of ether oxygens (including phenoxy) is 2. The fraction of sp³-hybridized carbons (Fsp3) is 0.312. The van der Waals surface area contributed by atoms with Crippen molar-refractivity contribution in [3.8, 4) is 5.75 Å². The molecule has 0 bridgehead atoms. The van der Waals surface area contributed by atoms with Crippen LogP contribution < -0.4 is 20.2 Å². The summed E-state index contributed by atoms with van der Waals surface area (Å²) in [6.45, 7) is 7.99. The zero-order valence-corrected chi connectivity index (χ0v) is 26.4. The molecule has 2 aliphatic rings. The number of nitrogens with zero attached hydrogens (tertiary/aromatic N) is 3. The van der Waals surface area contributed by atoms with Crippen LogP contribution >= 0.6 is 11.8 Å². The largest absolute Gasteiger partial charge is 0.482 e. The number of amides is 2. The second-order valence-electron chi connectivity index (χ2n) is 11.8. The lowest BCUT2D eigenvalue weighted by Gasteiger charge is -2.21. The Morgan fingerprint density at radius 3 is 2.67 bits per heavy atom. The molecule has 0 radical (unpaired) electrons. The Hall–Kier alpha value is -5.01. The highest BCUT2D eigenvalue weighted by Gasteiger charge is 2.30. The Bertz CT molecular complexity index is 1850. The van der Waals surface area contributed by atoms with Crippen LogP contribution in [0, 0.1) is 6.92 Å². The molecule has 1 aliphatic carbocycles. The first kappa shape index (κ1) is 32.4. The van der Waals surface area contributed by atoms with Crippen molar-refractivity contribution in [1.29, 1.82) is 0 Å². The lowest BCUT2D eigenvalue weighted by atomic mass is 9.97. The van der Waals surface area contributed by atoms with Crippen LogP contribution in [0.3, 0.4) is 0 Å². The van der Waals surface area contributed by atoms with Gasteiger partial charge in [-0.05, 0) is 92.8 Å². The molecular weight excluding hydrogens is 616 g/mol. The van der Waals surface area contributed by atoms with Crippen molar-refractivity contribution in [2.45, 2.75) is 58.7 Å². The van der Waals surface area contributed by atoms with E-state index in [1.165, 1.54) is 22.8 Å². The second-order valence-corrected chi connectivity index (χ2v) is 12.1. The number of carboxylic acid groups (broad SMARTS) is 1. The number of carbonyl (C=O) groups excluding carboxylic acids is 3. The topological polar surface area (TPSA) is 173 Å². The van der Waals surface area contributed by atoms with Crippen LogP contribution in [0.15, 0.2) is 48.7 Å². The van der Waals surface area contributed by atoms with Gasteiger partial charge in [-0.1, -0.05) is 12.1 Å². The number of aromatic carboxylic acids is 1. The van der Waals surface area contributed by atoms with Crippen LogP contribution in [0.1, 0.15) is 86.8 Å². The molecule has 0 fully saturated rings. The van der Waals surface area contributed by atoms with Gasteiger partial charge in [-0.15, -0.1) is 0 Å². The van der Waals surface area contributed by atoms with Gasteiger partial charge < -0.3 is 25.2 Å². The molecule has 0 saturated heterocycles. The summed E-state index contributed by atoms with van der Waals surface area (Å²) < 4.78 is 12.1. The summed E-state index contributed by atoms with van der Waals surface area (Å²) in [4.78, 5) is 54.5. The van der Waals surface area contributed by atoms with Gasteiger partial charge in [-0.3, -0.25) is 9.59 Å². The lowest BCUT2D eigenvalue weighted by Crippen LogP contribution is -2.29. The predicted molar refractivity (Wildman–Crippen MR) is 168 cm³/mol. The molecule has 3 heterocycles. The normalized spacial score (nSPS) is 15.1. The van der Waals surface area contributed by atoms with Gasteiger partial charge in [0.05, 0.1) is 23.5 Å². The molecule has 2 aromatic carbocycles. The summed E-state index contributed by atoms with van der Waals surface area (Å²) in [6, 6.07) is 11.6. The average molecular weight is 649 g/mol. The maximum atomic E-state index is 13.0. The minimum Gasteiger partial charge on any atom is -0.482 e. The number of esters is 1. The van der Waals surface area contributed by atoms with Crippen molar-refractivity contribution in [2.75, 3.05) is 11.9 Å². The summed E-state index contributed by atoms with van der Waals surface area (Å²) in [5.74, 6) is -1.48. The standard InChI is InChI=1S/C23H24N4O5.C9H9ClN2O2/c1-12-13-7-8-16(15(13)6-5-14(12)22(31)32-23(2,3)4)26-20(28)18-11-17(21(29)30)25-19-9-10-24-27(18)19;10-11-4-6-1-2-7-8(3-6)14-5-9(13)12-7/h5-6,9-11,16H,7-8H2,1-4H3,(H,26,28)(H,29,30);1-3,11H,4-5H2,(H,12,13)/t16-;/m0./s1. The van der Waals surface area contributed by atoms with Crippen LogP contribution in [0.25, 0.3) is 5.65 Å². The number of benzene rings is 2. The highest BCUT2D eigenvalue weighted by molar-refractivity contribution is 6.13. The molecule has 6 rings (SSSR count). The van der Waals surface area contributed by atoms with E-state index in [1.54, 1.807) is 12.1 Å². The number of carboxylic acids is 1. The monoisotopic (exact) mass is 648 g/mol. The number of nitrogens with one attached hydrogen (secondary N) is 3. The van der Waals surface area contributed by atoms with Crippen LogP contribution in [0.4, 0.5) is 5.69 Å². The van der Waals surface area contributed by atoms with E-state index in [4.69, 9.17) is 21.3 Å². The molecule has 4 N–H and O–H groups in total. The van der Waals surface area contributed by atoms with E-state index in [0.29, 0.717) is 36.4 Å². The minimum atomic E-state index is -1.22. The maximum Gasteiger partial charge on any atom is 0.354 e. The van der Waals surface area contributed by atoms with E-state index in [9.17, 15) is 24.3 Å². The zero-order valence-electron chi connectivity index (χ0n) is 25.6. The van der Waals surface area contributed by atoms with Crippen LogP contribution in [-0.4, -0.2) is 55.7 Å². The quantitative estimate of drug-likeness (QED) is 0.174. The molecule has 0 unspecified atom stereocenters. The summed E-state index contributed by atoms with van der Waals surface area (Å²) in [5, 5.41) is 19.1. The Balaban J connectivity index is 0.000000247. The van der Waals surface area contributed by atoms with E-state index < -0.39 is 17.5 Å². The SMILES string of the molecule is Cc1c(C(=O)OC(C)(C)C)ccc2c1CC[C@@H]2NC(=O)c1cc(C(=O)O)nc2ccnn12.O=C1COc2cc(CNCl)ccc2N1. The van der Waals surface area contributed by atoms with Gasteiger partial charge in [0.2, 0.25) is 0 Å². The van der Waals surface area contributed by atoms with Crippen molar-refractivity contribution < 1.29 is 33.8 Å². The number of rotatable bonds is 6. The van der Waals surface area contributed by atoms with Crippen LogP contribution in [0.2, 0.25) is 0 Å². The Morgan fingerprint density at radius 1 is 1.17 bits per heavy atom. The lowest BCUT2D eigenvalue weighted by molar-refractivity contribution is -0.118. The van der Waals surface area contributed by atoms with Crippen molar-refractivity contribution >= 4 is 46.9 Å². The first-order valence-corrected chi connectivity index (χ1v) is 14.9. The Labute approximate surface area is 269 Å². The Morgan fingerprint density at radius 2 is 1.96 bits per heavy atom. The number of hydrogen-bond donors (Lipinski definition) is 4. The summed E-state index contributed by atoms with van der Waals surface area (Å²) >= 11 is 5.38. The molecule has 0 spiro atoms. The van der Waals surface area contributed by atoms with E-state index >= 15 is 0 Å². The van der Waals surface area contributed by atoms with Gasteiger partial charge in [0.25, 0.3) is 11.8 Å². The molecule has 14 heteroatoms. The first-order chi connectivity index (χ1) is 21.8. The molecule has 4 aromatic rings. The molecular formula is C32H33ClN6O7. The number of fused-ring (bicyclic) bond motifs is 3. The third-order valence-electron chi connectivity index (χ3n) is 7.38. The molecule has 0 saturated carbocycles. The number of aromatic nitrogens is 3. The van der Waals surface area contributed by atoms with E-state index in [-0.39, 0.29) is 41.6 Å². The van der Waals surface area contributed by atoms with Crippen LogP contribution in [0.5, 0.6) is 5.75 Å². The summed E-state index contributed by atoms with van der Waals surface area (Å²) in [5.41, 5.74) is 4.59. The van der Waals surface area contributed by atoms with Crippen LogP contribution in [-0.2, 0) is 22.5 Å². The van der Waals surface area contributed by atoms with E-state index in [1.807, 2.05) is 45.9 Å². The molecule has 2 amide bonds. The van der Waals surface area contributed by atoms with Crippen molar-refractivity contribution in [3.63, 3.8) is 0 Å². The maximum absolute atomic E-state index is 13.0. The number of anilines is 1. The van der Waals surface area contributed by atoms with Gasteiger partial charge in [-0.25, -0.2) is 23.9 Å². The van der Waals surface area contributed by atoms with Crippen molar-refractivity contribution in [3.05, 3.63) is 87.9 Å². The fourth-order valence-electron chi connectivity index (χ4n) is 5.31. The first-order valence-electron chi connectivity index (χ1n) is 14.5. The summed E-state index contributed by atoms with van der Waals surface area (Å²) in [6.07, 6.45) is 2.83. The van der Waals surface area contributed by atoms with Gasteiger partial charge in [0.1, 0.15) is 17.0 Å². The van der Waals surface area contributed by atoms with Gasteiger partial charge >= 0.3 is 11.9 Å². The minimum absolute atomic E-state index is 0.0742. The van der Waals surface area contributed by atoms with Crippen molar-refractivity contribution in [2.24, 2.45) is 0 Å². The second kappa shape index (κ2) is 13.2. The van der Waals surface area contributed by atoms with Gasteiger partial charge in [0, 0.05) is 18.7 Å². The van der Waals surface area contributed by atoms with Gasteiger partial charge in [-0.2, -0.15) is 5.10 Å². The molecule has 1 atom stereocenters. The van der Waals surface area contributed by atoms with E-state index in [2.05, 4.69) is 25.6 Å². The highest BCUT2D eigenvalue weighted by Crippen LogP contribution is 2.35. The molecule has 2 aromatic heterocycles. The fourth-order valence-corrected chi connectivity index (χ4v) is 5.46. The van der Waals surface area contributed by atoms with Crippen molar-refractivity contribution in [1.82, 2.24) is 24.8 Å². The Kier molecular flexibility index (Phi) is 9.26. The number of hydrogen-bond acceptors (Lipinski definition) is 9. The third-order valence-corrected chi connectivity index (χ3v) is 7.51. The van der Waals surface area contributed by atoms with E-state index in [0.717, 1.165) is 22.3 Å². The smallest absolute Gasteiger partial charge is 0.354 e. The molecule has 240 valence electrons. The third kappa shape index (κ3) is 7.11. The molecule has 46 heavy (non-hydrogen) atoms. The predicted octanol–water partition coefficient (Wildman–Crippen LogP) is 4.37. The molecule has 13 nitrogen and oxygen atoms in total. The zero-order chi connectivity index (χ0) is 33.2.